The Kier molecular flexibility index (Phi) is 6.51. The molecule has 1 aliphatic carbocycles. The lowest BCUT2D eigenvalue weighted by molar-refractivity contribution is 0.516. The van der Waals surface area contributed by atoms with Crippen LogP contribution in [0.3, 0.4) is 0 Å². The van der Waals surface area contributed by atoms with Crippen molar-refractivity contribution in [2.45, 2.75) is 69.6 Å². The second-order valence-corrected chi connectivity index (χ2v) is 11.9. The van der Waals surface area contributed by atoms with Crippen LogP contribution in [0.1, 0.15) is 58.1 Å². The molecule has 0 aliphatic heterocycles. The molecule has 1 aliphatic rings. The Morgan fingerprint density at radius 1 is 1.15 bits per heavy atom. The molecule has 0 amide bonds. The fourth-order valence-electron chi connectivity index (χ4n) is 4.29. The van der Waals surface area contributed by atoms with Crippen molar-refractivity contribution in [1.82, 2.24) is 14.5 Å². The Labute approximate surface area is 199 Å². The molecule has 9 heteroatoms. The van der Waals surface area contributed by atoms with Crippen LogP contribution in [0.5, 0.6) is 0 Å². The van der Waals surface area contributed by atoms with E-state index in [2.05, 4.69) is 15.3 Å². The summed E-state index contributed by atoms with van der Waals surface area (Å²) in [5.41, 5.74) is 1.79. The van der Waals surface area contributed by atoms with Gasteiger partial charge < -0.3 is 5.32 Å². The molecule has 0 radical (unpaired) electrons. The standard InChI is InChI=1S/C24H29ClN4O3S/c1-14(2)16(4)33(31,32)19-9-10-21(15(3)11-19)27-24-26-13-17-12-20(25)23(30)29(22(17)28-24)18-7-5-6-8-18/h9-14,16,18H,5-8H2,1-4H3,(H,26,27,28). The van der Waals surface area contributed by atoms with Gasteiger partial charge >= 0.3 is 0 Å². The Balaban J connectivity index is 1.70. The predicted octanol–water partition coefficient (Wildman–Crippen LogP) is 5.43. The van der Waals surface area contributed by atoms with Gasteiger partial charge in [-0.25, -0.2) is 13.4 Å². The molecule has 33 heavy (non-hydrogen) atoms. The van der Waals surface area contributed by atoms with E-state index in [4.69, 9.17) is 11.6 Å². The number of sulfone groups is 1. The number of fused-ring (bicyclic) bond motifs is 1. The molecule has 0 bridgehead atoms. The lowest BCUT2D eigenvalue weighted by Crippen LogP contribution is -2.25. The fraction of sp³-hybridized carbons (Fsp3) is 0.458. The highest BCUT2D eigenvalue weighted by atomic mass is 35.5. The van der Waals surface area contributed by atoms with E-state index >= 15 is 0 Å². The van der Waals surface area contributed by atoms with Gasteiger partial charge in [0.1, 0.15) is 10.7 Å². The van der Waals surface area contributed by atoms with Crippen LogP contribution in [0.25, 0.3) is 11.0 Å². The summed E-state index contributed by atoms with van der Waals surface area (Å²) in [4.78, 5) is 22.2. The highest BCUT2D eigenvalue weighted by Gasteiger charge is 2.26. The number of anilines is 2. The number of nitrogens with zero attached hydrogens (tertiary/aromatic N) is 3. The first kappa shape index (κ1) is 23.7. The summed E-state index contributed by atoms with van der Waals surface area (Å²) in [5.74, 6) is 0.357. The zero-order valence-electron chi connectivity index (χ0n) is 19.3. The van der Waals surface area contributed by atoms with Gasteiger partial charge in [-0.05, 0) is 62.4 Å². The minimum atomic E-state index is -3.41. The van der Waals surface area contributed by atoms with Gasteiger partial charge in [0.25, 0.3) is 5.56 Å². The first-order valence-corrected chi connectivity index (χ1v) is 13.2. The number of pyridine rings is 1. The summed E-state index contributed by atoms with van der Waals surface area (Å²) in [6.45, 7) is 7.39. The van der Waals surface area contributed by atoms with Gasteiger partial charge in [0.15, 0.2) is 9.84 Å². The van der Waals surface area contributed by atoms with Crippen molar-refractivity contribution in [3.63, 3.8) is 0 Å². The van der Waals surface area contributed by atoms with Crippen LogP contribution >= 0.6 is 11.6 Å². The maximum atomic E-state index is 12.9. The number of halogens is 1. The molecular formula is C24H29ClN4O3S. The lowest BCUT2D eigenvalue weighted by Gasteiger charge is -2.18. The average molecular weight is 489 g/mol. The second kappa shape index (κ2) is 9.06. The second-order valence-electron chi connectivity index (χ2n) is 9.17. The van der Waals surface area contributed by atoms with Crippen LogP contribution in [0.15, 0.2) is 40.2 Å². The zero-order chi connectivity index (χ0) is 23.9. The summed E-state index contributed by atoms with van der Waals surface area (Å²) in [6, 6.07) is 6.70. The first-order valence-electron chi connectivity index (χ1n) is 11.3. The van der Waals surface area contributed by atoms with Gasteiger partial charge in [-0.2, -0.15) is 4.98 Å². The SMILES string of the molecule is Cc1cc(S(=O)(=O)C(C)C(C)C)ccc1Nc1ncc2cc(Cl)c(=O)n(C3CCCC3)c2n1. The van der Waals surface area contributed by atoms with Crippen LogP contribution in [0, 0.1) is 12.8 Å². The number of rotatable bonds is 6. The summed E-state index contributed by atoms with van der Waals surface area (Å²) in [7, 11) is -3.41. The number of aryl methyl sites for hydroxylation is 1. The van der Waals surface area contributed by atoms with E-state index in [9.17, 15) is 13.2 Å². The van der Waals surface area contributed by atoms with E-state index in [-0.39, 0.29) is 22.5 Å². The molecule has 2 heterocycles. The van der Waals surface area contributed by atoms with E-state index in [0.717, 1.165) is 31.2 Å². The third kappa shape index (κ3) is 4.51. The molecule has 4 rings (SSSR count). The lowest BCUT2D eigenvalue weighted by atomic mass is 10.2. The largest absolute Gasteiger partial charge is 0.324 e. The Hall–Kier alpha value is -2.45. The Morgan fingerprint density at radius 3 is 2.48 bits per heavy atom. The quantitative estimate of drug-likeness (QED) is 0.497. The van der Waals surface area contributed by atoms with E-state index in [1.807, 2.05) is 20.8 Å². The number of aromatic nitrogens is 3. The highest BCUT2D eigenvalue weighted by Crippen LogP contribution is 2.32. The zero-order valence-corrected chi connectivity index (χ0v) is 20.9. The van der Waals surface area contributed by atoms with E-state index in [1.165, 1.54) is 0 Å². The monoisotopic (exact) mass is 488 g/mol. The number of hydrogen-bond acceptors (Lipinski definition) is 6. The predicted molar refractivity (Wildman–Crippen MR) is 132 cm³/mol. The summed E-state index contributed by atoms with van der Waals surface area (Å²) < 4.78 is 27.5. The molecule has 1 atom stereocenters. The summed E-state index contributed by atoms with van der Waals surface area (Å²) >= 11 is 6.20. The van der Waals surface area contributed by atoms with Crippen molar-refractivity contribution in [1.29, 1.82) is 0 Å². The van der Waals surface area contributed by atoms with Crippen LogP contribution in [0.2, 0.25) is 5.02 Å². The minimum Gasteiger partial charge on any atom is -0.324 e. The van der Waals surface area contributed by atoms with Gasteiger partial charge in [-0.1, -0.05) is 38.3 Å². The molecule has 3 aromatic rings. The van der Waals surface area contributed by atoms with Gasteiger partial charge in [0, 0.05) is 23.3 Å². The molecule has 1 saturated carbocycles. The number of hydrogen-bond donors (Lipinski definition) is 1. The number of nitrogens with one attached hydrogen (secondary N) is 1. The molecule has 1 aromatic carbocycles. The van der Waals surface area contributed by atoms with Crippen molar-refractivity contribution >= 4 is 44.1 Å². The summed E-state index contributed by atoms with van der Waals surface area (Å²) in [5, 5.41) is 3.58. The fourth-order valence-corrected chi connectivity index (χ4v) is 6.25. The molecule has 1 unspecified atom stereocenters. The van der Waals surface area contributed by atoms with Crippen molar-refractivity contribution in [2.75, 3.05) is 5.32 Å². The third-order valence-corrected chi connectivity index (χ3v) is 9.33. The maximum absolute atomic E-state index is 12.9. The maximum Gasteiger partial charge on any atom is 0.271 e. The van der Waals surface area contributed by atoms with Crippen molar-refractivity contribution in [3.05, 3.63) is 51.4 Å². The van der Waals surface area contributed by atoms with Crippen LogP contribution in [-0.4, -0.2) is 28.2 Å². The van der Waals surface area contributed by atoms with E-state index in [1.54, 1.807) is 42.0 Å². The van der Waals surface area contributed by atoms with Crippen molar-refractivity contribution in [3.8, 4) is 0 Å². The first-order chi connectivity index (χ1) is 15.6. The third-order valence-electron chi connectivity index (χ3n) is 6.62. The van der Waals surface area contributed by atoms with Gasteiger partial charge in [-0.15, -0.1) is 0 Å². The molecule has 1 fully saturated rings. The van der Waals surface area contributed by atoms with Crippen LogP contribution in [0.4, 0.5) is 11.6 Å². The van der Waals surface area contributed by atoms with E-state index in [0.29, 0.717) is 27.6 Å². The highest BCUT2D eigenvalue weighted by molar-refractivity contribution is 7.92. The smallest absolute Gasteiger partial charge is 0.271 e. The molecule has 7 nitrogen and oxygen atoms in total. The normalized spacial score (nSPS) is 15.9. The summed E-state index contributed by atoms with van der Waals surface area (Å²) in [6.07, 6.45) is 5.65. The molecule has 176 valence electrons. The van der Waals surface area contributed by atoms with Gasteiger partial charge in [0.2, 0.25) is 5.95 Å². The molecule has 2 aromatic heterocycles. The molecule has 1 N–H and O–H groups in total. The van der Waals surface area contributed by atoms with E-state index < -0.39 is 15.1 Å². The van der Waals surface area contributed by atoms with Gasteiger partial charge in [0.05, 0.1) is 10.1 Å². The Morgan fingerprint density at radius 2 is 1.85 bits per heavy atom. The number of benzene rings is 1. The van der Waals surface area contributed by atoms with Crippen molar-refractivity contribution < 1.29 is 8.42 Å². The average Bonchev–Trinajstić information content (AvgIpc) is 3.30. The molecule has 0 spiro atoms. The van der Waals surface area contributed by atoms with Crippen LogP contribution < -0.4 is 10.9 Å². The molecule has 0 saturated heterocycles. The van der Waals surface area contributed by atoms with Gasteiger partial charge in [-0.3, -0.25) is 9.36 Å². The van der Waals surface area contributed by atoms with Crippen LogP contribution in [-0.2, 0) is 9.84 Å². The topological polar surface area (TPSA) is 94.0 Å². The van der Waals surface area contributed by atoms with Crippen molar-refractivity contribution in [2.24, 2.45) is 5.92 Å². The molecular weight excluding hydrogens is 460 g/mol. The Bertz CT molecular complexity index is 1360. The minimum absolute atomic E-state index is 0.0186.